The van der Waals surface area contributed by atoms with E-state index in [9.17, 15) is 18.0 Å². The van der Waals surface area contributed by atoms with E-state index in [0.717, 1.165) is 5.39 Å². The molecule has 0 saturated heterocycles. The summed E-state index contributed by atoms with van der Waals surface area (Å²) in [5.41, 5.74) is 1.12. The number of rotatable bonds is 1. The number of benzene rings is 2. The van der Waals surface area contributed by atoms with Crippen LogP contribution in [0.2, 0.25) is 0 Å². The molecule has 0 radical (unpaired) electrons. The van der Waals surface area contributed by atoms with Crippen molar-refractivity contribution in [2.75, 3.05) is 0 Å². The SMILES string of the molecule is O=C(Oc1ccc2oc3ccccc3c2c1)C(F)(F)F. The van der Waals surface area contributed by atoms with E-state index in [-0.39, 0.29) is 5.75 Å². The molecule has 3 aromatic rings. The summed E-state index contributed by atoms with van der Waals surface area (Å²) in [6.45, 7) is 0. The summed E-state index contributed by atoms with van der Waals surface area (Å²) in [6.07, 6.45) is -5.02. The number of halogens is 3. The normalized spacial score (nSPS) is 11.9. The minimum Gasteiger partial charge on any atom is -0.456 e. The number of fused-ring (bicyclic) bond motifs is 3. The Hall–Kier alpha value is -2.50. The molecule has 0 atom stereocenters. The molecule has 0 fully saturated rings. The molecule has 20 heavy (non-hydrogen) atoms. The van der Waals surface area contributed by atoms with Gasteiger partial charge in [0.05, 0.1) is 0 Å². The molecule has 0 bridgehead atoms. The Morgan fingerprint density at radius 2 is 1.70 bits per heavy atom. The lowest BCUT2D eigenvalue weighted by atomic mass is 10.1. The van der Waals surface area contributed by atoms with E-state index in [1.54, 1.807) is 24.3 Å². The Bertz CT molecular complexity index is 802. The molecule has 1 heterocycles. The summed E-state index contributed by atoms with van der Waals surface area (Å²) < 4.78 is 46.3. The van der Waals surface area contributed by atoms with Crippen LogP contribution < -0.4 is 4.74 Å². The Morgan fingerprint density at radius 3 is 2.45 bits per heavy atom. The number of ether oxygens (including phenoxy) is 1. The Balaban J connectivity index is 2.06. The highest BCUT2D eigenvalue weighted by molar-refractivity contribution is 6.05. The number of furan rings is 1. The van der Waals surface area contributed by atoms with E-state index in [1.165, 1.54) is 18.2 Å². The van der Waals surface area contributed by atoms with E-state index in [4.69, 9.17) is 4.42 Å². The quantitative estimate of drug-likeness (QED) is 0.498. The molecular weight excluding hydrogens is 273 g/mol. The lowest BCUT2D eigenvalue weighted by Gasteiger charge is -2.06. The van der Waals surface area contributed by atoms with Crippen LogP contribution in [0.3, 0.4) is 0 Å². The van der Waals surface area contributed by atoms with Gasteiger partial charge in [-0.3, -0.25) is 0 Å². The highest BCUT2D eigenvalue weighted by Gasteiger charge is 2.41. The molecule has 0 aliphatic carbocycles. The number of carbonyl (C=O) groups is 1. The van der Waals surface area contributed by atoms with Crippen molar-refractivity contribution in [3.05, 3.63) is 42.5 Å². The smallest absolute Gasteiger partial charge is 0.456 e. The fourth-order valence-electron chi connectivity index (χ4n) is 1.93. The minimum atomic E-state index is -5.02. The van der Waals surface area contributed by atoms with E-state index < -0.39 is 12.1 Å². The second kappa shape index (κ2) is 4.26. The average Bonchev–Trinajstić information content (AvgIpc) is 2.76. The van der Waals surface area contributed by atoms with Gasteiger partial charge in [0.1, 0.15) is 16.9 Å². The maximum Gasteiger partial charge on any atom is 0.491 e. The van der Waals surface area contributed by atoms with Gasteiger partial charge in [0, 0.05) is 10.8 Å². The summed E-state index contributed by atoms with van der Waals surface area (Å²) in [5, 5.41) is 1.33. The van der Waals surface area contributed by atoms with Crippen molar-refractivity contribution in [3.63, 3.8) is 0 Å². The lowest BCUT2D eigenvalue weighted by molar-refractivity contribution is -0.189. The van der Waals surface area contributed by atoms with Crippen LogP contribution in [0.5, 0.6) is 5.75 Å². The Labute approximate surface area is 110 Å². The number of para-hydroxylation sites is 1. The molecule has 2 aromatic carbocycles. The molecule has 1 aromatic heterocycles. The van der Waals surface area contributed by atoms with Gasteiger partial charge < -0.3 is 9.15 Å². The molecule has 0 N–H and O–H groups in total. The predicted octanol–water partition coefficient (Wildman–Crippen LogP) is 4.05. The Morgan fingerprint density at radius 1 is 1.00 bits per heavy atom. The first-order chi connectivity index (χ1) is 9.45. The topological polar surface area (TPSA) is 39.4 Å². The molecule has 0 amide bonds. The van der Waals surface area contributed by atoms with E-state index >= 15 is 0 Å². The molecule has 0 unspecified atom stereocenters. The largest absolute Gasteiger partial charge is 0.491 e. The number of esters is 1. The minimum absolute atomic E-state index is 0.175. The van der Waals surface area contributed by atoms with Crippen LogP contribution in [-0.2, 0) is 4.79 Å². The highest BCUT2D eigenvalue weighted by atomic mass is 19.4. The summed E-state index contributed by atoms with van der Waals surface area (Å²) in [6, 6.07) is 11.2. The molecule has 0 saturated carbocycles. The van der Waals surface area contributed by atoms with Gasteiger partial charge in [-0.05, 0) is 24.3 Å². The van der Waals surface area contributed by atoms with Crippen molar-refractivity contribution in [2.24, 2.45) is 0 Å². The van der Waals surface area contributed by atoms with Crippen molar-refractivity contribution >= 4 is 27.9 Å². The van der Waals surface area contributed by atoms with Crippen LogP contribution in [0.15, 0.2) is 46.9 Å². The number of carbonyl (C=O) groups excluding carboxylic acids is 1. The average molecular weight is 280 g/mol. The predicted molar refractivity (Wildman–Crippen MR) is 65.4 cm³/mol. The van der Waals surface area contributed by atoms with Gasteiger partial charge in [-0.25, -0.2) is 4.79 Å². The summed E-state index contributed by atoms with van der Waals surface area (Å²) in [7, 11) is 0. The van der Waals surface area contributed by atoms with Crippen LogP contribution in [0.1, 0.15) is 0 Å². The lowest BCUT2D eigenvalue weighted by Crippen LogP contribution is -2.27. The zero-order valence-electron chi connectivity index (χ0n) is 9.90. The van der Waals surface area contributed by atoms with Crippen LogP contribution >= 0.6 is 0 Å². The highest BCUT2D eigenvalue weighted by Crippen LogP contribution is 2.31. The van der Waals surface area contributed by atoms with Gasteiger partial charge in [0.25, 0.3) is 0 Å². The van der Waals surface area contributed by atoms with Crippen LogP contribution in [0, 0.1) is 0 Å². The summed E-state index contributed by atoms with van der Waals surface area (Å²) in [5.74, 6) is -2.42. The van der Waals surface area contributed by atoms with Crippen molar-refractivity contribution in [2.45, 2.75) is 6.18 Å². The van der Waals surface area contributed by atoms with Gasteiger partial charge >= 0.3 is 12.1 Å². The first-order valence-electron chi connectivity index (χ1n) is 5.65. The van der Waals surface area contributed by atoms with Gasteiger partial charge in [-0.15, -0.1) is 0 Å². The summed E-state index contributed by atoms with van der Waals surface area (Å²) >= 11 is 0. The van der Waals surface area contributed by atoms with Crippen molar-refractivity contribution in [1.29, 1.82) is 0 Å². The number of alkyl halides is 3. The fraction of sp³-hybridized carbons (Fsp3) is 0.0714. The maximum absolute atomic E-state index is 12.1. The van der Waals surface area contributed by atoms with E-state index in [2.05, 4.69) is 4.74 Å². The van der Waals surface area contributed by atoms with Crippen molar-refractivity contribution < 1.29 is 27.1 Å². The third kappa shape index (κ3) is 2.09. The number of hydrogen-bond donors (Lipinski definition) is 0. The third-order valence-corrected chi connectivity index (χ3v) is 2.79. The first-order valence-corrected chi connectivity index (χ1v) is 5.65. The molecule has 3 rings (SSSR count). The van der Waals surface area contributed by atoms with Gasteiger partial charge in [-0.2, -0.15) is 13.2 Å². The van der Waals surface area contributed by atoms with Gasteiger partial charge in [0.15, 0.2) is 0 Å². The zero-order chi connectivity index (χ0) is 14.3. The van der Waals surface area contributed by atoms with E-state index in [0.29, 0.717) is 16.6 Å². The molecule has 102 valence electrons. The fourth-order valence-corrected chi connectivity index (χ4v) is 1.93. The van der Waals surface area contributed by atoms with E-state index in [1.807, 2.05) is 0 Å². The Kier molecular flexibility index (Phi) is 2.67. The molecule has 0 aliphatic rings. The summed E-state index contributed by atoms with van der Waals surface area (Å²) in [4.78, 5) is 10.8. The molecule has 0 spiro atoms. The number of hydrogen-bond acceptors (Lipinski definition) is 3. The monoisotopic (exact) mass is 280 g/mol. The molecule has 3 nitrogen and oxygen atoms in total. The molecular formula is C14H7F3O3. The van der Waals surface area contributed by atoms with Gasteiger partial charge in [0.2, 0.25) is 0 Å². The molecule has 0 aliphatic heterocycles. The van der Waals surface area contributed by atoms with Crippen LogP contribution in [0.25, 0.3) is 21.9 Å². The standard InChI is InChI=1S/C14H7F3O3/c15-14(16,17)13(18)19-8-5-6-12-10(7-8)9-3-1-2-4-11(9)20-12/h1-7H. The zero-order valence-corrected chi connectivity index (χ0v) is 9.90. The first kappa shape index (κ1) is 12.5. The second-order valence-corrected chi connectivity index (χ2v) is 4.14. The van der Waals surface area contributed by atoms with Crippen LogP contribution in [-0.4, -0.2) is 12.1 Å². The van der Waals surface area contributed by atoms with Gasteiger partial charge in [-0.1, -0.05) is 18.2 Å². The second-order valence-electron chi connectivity index (χ2n) is 4.14. The maximum atomic E-state index is 12.1. The molecule has 6 heteroatoms. The van der Waals surface area contributed by atoms with Crippen molar-refractivity contribution in [3.8, 4) is 5.75 Å². The van der Waals surface area contributed by atoms with Crippen LogP contribution in [0.4, 0.5) is 13.2 Å². The van der Waals surface area contributed by atoms with Crippen molar-refractivity contribution in [1.82, 2.24) is 0 Å². The third-order valence-electron chi connectivity index (χ3n) is 2.79.